The van der Waals surface area contributed by atoms with Crippen LogP contribution in [-0.4, -0.2) is 38.3 Å². The minimum Gasteiger partial charge on any atom is -0.376 e. The monoisotopic (exact) mass is 367 g/mol. The number of nitrogens with zero attached hydrogens (tertiary/aromatic N) is 1. The lowest BCUT2D eigenvalue weighted by Gasteiger charge is -2.15. The van der Waals surface area contributed by atoms with Gasteiger partial charge in [-0.1, -0.05) is 6.92 Å². The Kier molecular flexibility index (Phi) is 6.70. The van der Waals surface area contributed by atoms with Gasteiger partial charge in [0.1, 0.15) is 0 Å². The van der Waals surface area contributed by atoms with Crippen molar-refractivity contribution in [3.63, 3.8) is 0 Å². The van der Waals surface area contributed by atoms with E-state index >= 15 is 0 Å². The summed E-state index contributed by atoms with van der Waals surface area (Å²) < 4.78 is 5.59. The molecule has 0 aromatic heterocycles. The maximum absolute atomic E-state index is 5.59. The van der Waals surface area contributed by atoms with Gasteiger partial charge in [0.05, 0.1) is 6.10 Å². The summed E-state index contributed by atoms with van der Waals surface area (Å²) in [6.07, 6.45) is 5.38. The Morgan fingerprint density at radius 1 is 1.39 bits per heavy atom. The fourth-order valence-corrected chi connectivity index (χ4v) is 2.00. The van der Waals surface area contributed by atoms with Crippen LogP contribution in [0.15, 0.2) is 4.99 Å². The van der Waals surface area contributed by atoms with Crippen molar-refractivity contribution in [2.24, 2.45) is 10.4 Å². The first-order valence-electron chi connectivity index (χ1n) is 6.86. The molecule has 2 N–H and O–H groups in total. The van der Waals surface area contributed by atoms with E-state index < -0.39 is 0 Å². The molecule has 1 saturated carbocycles. The quantitative estimate of drug-likeness (QED) is 0.445. The van der Waals surface area contributed by atoms with E-state index in [4.69, 9.17) is 4.74 Å². The van der Waals surface area contributed by atoms with Gasteiger partial charge in [-0.3, -0.25) is 4.99 Å². The normalized spacial score (nSPS) is 25.4. The summed E-state index contributed by atoms with van der Waals surface area (Å²) >= 11 is 0. The number of nitrogens with one attached hydrogen (secondary N) is 2. The summed E-state index contributed by atoms with van der Waals surface area (Å²) in [4.78, 5) is 4.65. The first kappa shape index (κ1) is 16.0. The van der Waals surface area contributed by atoms with Crippen molar-refractivity contribution in [1.82, 2.24) is 10.6 Å². The van der Waals surface area contributed by atoms with Gasteiger partial charge in [-0.15, -0.1) is 24.0 Å². The van der Waals surface area contributed by atoms with Crippen LogP contribution in [0.2, 0.25) is 0 Å². The SMILES string of the molecule is CCNC(=NCC1(C)CC1)NCC1CCCO1.I. The van der Waals surface area contributed by atoms with Crippen LogP contribution in [0.5, 0.6) is 0 Å². The van der Waals surface area contributed by atoms with Crippen molar-refractivity contribution in [3.05, 3.63) is 0 Å². The highest BCUT2D eigenvalue weighted by atomic mass is 127. The third-order valence-electron chi connectivity index (χ3n) is 3.59. The number of rotatable bonds is 5. The van der Waals surface area contributed by atoms with E-state index in [0.29, 0.717) is 11.5 Å². The molecule has 106 valence electrons. The Bertz CT molecular complexity index is 273. The summed E-state index contributed by atoms with van der Waals surface area (Å²) in [7, 11) is 0. The van der Waals surface area contributed by atoms with Crippen LogP contribution in [-0.2, 0) is 4.74 Å². The highest BCUT2D eigenvalue weighted by molar-refractivity contribution is 14.0. The Morgan fingerprint density at radius 2 is 2.17 bits per heavy atom. The second-order valence-electron chi connectivity index (χ2n) is 5.52. The minimum atomic E-state index is 0. The third-order valence-corrected chi connectivity index (χ3v) is 3.59. The van der Waals surface area contributed by atoms with Gasteiger partial charge >= 0.3 is 0 Å². The van der Waals surface area contributed by atoms with Crippen molar-refractivity contribution in [3.8, 4) is 0 Å². The van der Waals surface area contributed by atoms with E-state index in [-0.39, 0.29) is 24.0 Å². The molecule has 1 saturated heterocycles. The van der Waals surface area contributed by atoms with Gasteiger partial charge in [-0.05, 0) is 38.0 Å². The van der Waals surface area contributed by atoms with Gasteiger partial charge in [-0.2, -0.15) is 0 Å². The predicted molar refractivity (Wildman–Crippen MR) is 85.7 cm³/mol. The van der Waals surface area contributed by atoms with E-state index in [1.165, 1.54) is 25.7 Å². The first-order valence-corrected chi connectivity index (χ1v) is 6.86. The highest BCUT2D eigenvalue weighted by Crippen LogP contribution is 2.44. The highest BCUT2D eigenvalue weighted by Gasteiger charge is 2.36. The molecule has 5 heteroatoms. The van der Waals surface area contributed by atoms with Gasteiger partial charge in [0, 0.05) is 26.2 Å². The fraction of sp³-hybridized carbons (Fsp3) is 0.923. The lowest BCUT2D eigenvalue weighted by atomic mass is 10.1. The average molecular weight is 367 g/mol. The number of aliphatic imine (C=N–C) groups is 1. The number of guanidine groups is 1. The predicted octanol–water partition coefficient (Wildman–Crippen LogP) is 2.14. The zero-order valence-electron chi connectivity index (χ0n) is 11.5. The summed E-state index contributed by atoms with van der Waals surface area (Å²) in [6.45, 7) is 8.05. The second-order valence-corrected chi connectivity index (χ2v) is 5.52. The molecule has 0 amide bonds. The minimum absolute atomic E-state index is 0. The van der Waals surface area contributed by atoms with Crippen LogP contribution in [0, 0.1) is 5.41 Å². The molecule has 2 rings (SSSR count). The van der Waals surface area contributed by atoms with Crippen LogP contribution in [0.1, 0.15) is 39.5 Å². The van der Waals surface area contributed by atoms with Crippen molar-refractivity contribution in [1.29, 1.82) is 0 Å². The van der Waals surface area contributed by atoms with Crippen LogP contribution < -0.4 is 10.6 Å². The van der Waals surface area contributed by atoms with Crippen LogP contribution in [0.4, 0.5) is 0 Å². The van der Waals surface area contributed by atoms with E-state index in [0.717, 1.165) is 32.2 Å². The van der Waals surface area contributed by atoms with E-state index in [2.05, 4.69) is 29.5 Å². The van der Waals surface area contributed by atoms with Crippen molar-refractivity contribution < 1.29 is 4.74 Å². The Hall–Kier alpha value is -0.0400. The third kappa shape index (κ3) is 5.30. The van der Waals surface area contributed by atoms with E-state index in [1.54, 1.807) is 0 Å². The van der Waals surface area contributed by atoms with Crippen LogP contribution in [0.3, 0.4) is 0 Å². The Labute approximate surface area is 127 Å². The molecule has 1 atom stereocenters. The molecule has 0 bridgehead atoms. The molecule has 1 aliphatic carbocycles. The molecule has 0 aromatic carbocycles. The van der Waals surface area contributed by atoms with Gasteiger partial charge in [0.2, 0.25) is 0 Å². The largest absolute Gasteiger partial charge is 0.376 e. The van der Waals surface area contributed by atoms with Gasteiger partial charge in [0.15, 0.2) is 5.96 Å². The van der Waals surface area contributed by atoms with E-state index in [9.17, 15) is 0 Å². The van der Waals surface area contributed by atoms with Crippen LogP contribution >= 0.6 is 24.0 Å². The van der Waals surface area contributed by atoms with E-state index in [1.807, 2.05) is 0 Å². The second kappa shape index (κ2) is 7.53. The number of ether oxygens (including phenoxy) is 1. The smallest absolute Gasteiger partial charge is 0.191 e. The summed E-state index contributed by atoms with van der Waals surface area (Å²) in [5.41, 5.74) is 0.478. The lowest BCUT2D eigenvalue weighted by Crippen LogP contribution is -2.41. The molecular formula is C13H26IN3O. The summed E-state index contributed by atoms with van der Waals surface area (Å²) in [5.74, 6) is 0.941. The zero-order valence-corrected chi connectivity index (χ0v) is 13.8. The molecule has 2 fully saturated rings. The van der Waals surface area contributed by atoms with Crippen LogP contribution in [0.25, 0.3) is 0 Å². The van der Waals surface area contributed by atoms with Crippen molar-refractivity contribution in [2.75, 3.05) is 26.2 Å². The van der Waals surface area contributed by atoms with Gasteiger partial charge in [-0.25, -0.2) is 0 Å². The maximum Gasteiger partial charge on any atom is 0.191 e. The molecule has 2 aliphatic rings. The average Bonchev–Trinajstić information content (AvgIpc) is 2.85. The van der Waals surface area contributed by atoms with Crippen molar-refractivity contribution in [2.45, 2.75) is 45.6 Å². The molecule has 1 aliphatic heterocycles. The zero-order chi connectivity index (χ0) is 12.1. The maximum atomic E-state index is 5.59. The molecule has 0 spiro atoms. The molecule has 18 heavy (non-hydrogen) atoms. The molecule has 0 aromatic rings. The Balaban J connectivity index is 0.00000162. The fourth-order valence-electron chi connectivity index (χ4n) is 2.00. The lowest BCUT2D eigenvalue weighted by molar-refractivity contribution is 0.114. The summed E-state index contributed by atoms with van der Waals surface area (Å²) in [6, 6.07) is 0. The molecule has 0 radical (unpaired) electrons. The topological polar surface area (TPSA) is 45.7 Å². The molecule has 1 heterocycles. The number of hydrogen-bond donors (Lipinski definition) is 2. The molecular weight excluding hydrogens is 341 g/mol. The number of hydrogen-bond acceptors (Lipinski definition) is 2. The molecule has 4 nitrogen and oxygen atoms in total. The first-order chi connectivity index (χ1) is 8.22. The number of halogens is 1. The molecule has 1 unspecified atom stereocenters. The standard InChI is InChI=1S/C13H25N3O.HI/c1-3-14-12(16-10-13(2)6-7-13)15-9-11-5-4-8-17-11;/h11H,3-10H2,1-2H3,(H2,14,15,16);1H. The summed E-state index contributed by atoms with van der Waals surface area (Å²) in [5, 5.41) is 6.67. The van der Waals surface area contributed by atoms with Gasteiger partial charge in [0.25, 0.3) is 0 Å². The van der Waals surface area contributed by atoms with Crippen molar-refractivity contribution >= 4 is 29.9 Å². The Morgan fingerprint density at radius 3 is 2.72 bits per heavy atom. The van der Waals surface area contributed by atoms with Gasteiger partial charge < -0.3 is 15.4 Å².